The van der Waals surface area contributed by atoms with Crippen LogP contribution in [0.1, 0.15) is 96.8 Å². The quantitative estimate of drug-likeness (QED) is 0.214. The van der Waals surface area contributed by atoms with Gasteiger partial charge in [-0.1, -0.05) is 82.8 Å². The highest BCUT2D eigenvalue weighted by molar-refractivity contribution is 4.88. The highest BCUT2D eigenvalue weighted by Gasteiger charge is 2.40. The summed E-state index contributed by atoms with van der Waals surface area (Å²) in [4.78, 5) is 0. The number of ether oxygens (including phenoxy) is 2. The number of hydrogen-bond donors (Lipinski definition) is 3. The predicted molar refractivity (Wildman–Crippen MR) is 118 cm³/mol. The van der Waals surface area contributed by atoms with Gasteiger partial charge in [-0.3, -0.25) is 0 Å². The second kappa shape index (κ2) is 18.3. The summed E-state index contributed by atoms with van der Waals surface area (Å²) >= 11 is 0. The molecule has 0 aromatic heterocycles. The lowest BCUT2D eigenvalue weighted by atomic mass is 10.0. The monoisotopic (exact) mass is 414 g/mol. The molecule has 1 aliphatic heterocycles. The smallest absolute Gasteiger partial charge is 0.114 e. The van der Waals surface area contributed by atoms with Crippen molar-refractivity contribution in [3.63, 3.8) is 0 Å². The molecule has 0 spiro atoms. The van der Waals surface area contributed by atoms with Crippen LogP contribution in [0.3, 0.4) is 0 Å². The molecule has 3 N–H and O–H groups in total. The minimum atomic E-state index is -0.977. The molecular formula is C24H46O5. The lowest BCUT2D eigenvalue weighted by molar-refractivity contribution is -0.101. The summed E-state index contributed by atoms with van der Waals surface area (Å²) in [6.45, 7) is 2.55. The molecule has 172 valence electrons. The minimum Gasteiger partial charge on any atom is -0.394 e. The van der Waals surface area contributed by atoms with Crippen LogP contribution in [0.2, 0.25) is 0 Å². The maximum absolute atomic E-state index is 9.83. The van der Waals surface area contributed by atoms with Gasteiger partial charge in [0.25, 0.3) is 0 Å². The van der Waals surface area contributed by atoms with Crippen molar-refractivity contribution in [1.29, 1.82) is 0 Å². The van der Waals surface area contributed by atoms with Crippen LogP contribution in [0.25, 0.3) is 0 Å². The van der Waals surface area contributed by atoms with E-state index >= 15 is 0 Å². The predicted octanol–water partition coefficient (Wildman–Crippen LogP) is 4.52. The van der Waals surface area contributed by atoms with E-state index in [-0.39, 0.29) is 13.2 Å². The summed E-state index contributed by atoms with van der Waals surface area (Å²) in [5.74, 6) is 0. The molecule has 0 unspecified atom stereocenters. The molecule has 0 saturated carbocycles. The van der Waals surface area contributed by atoms with E-state index in [9.17, 15) is 15.3 Å². The molecule has 0 aromatic carbocycles. The summed E-state index contributed by atoms with van der Waals surface area (Å²) < 4.78 is 11.0. The Morgan fingerprint density at radius 1 is 0.862 bits per heavy atom. The van der Waals surface area contributed by atoms with Gasteiger partial charge in [-0.15, -0.1) is 0 Å². The fourth-order valence-electron chi connectivity index (χ4n) is 3.91. The summed E-state index contributed by atoms with van der Waals surface area (Å²) in [5, 5.41) is 28.8. The van der Waals surface area contributed by atoms with Gasteiger partial charge in [0.05, 0.1) is 13.2 Å². The third-order valence-corrected chi connectivity index (χ3v) is 5.82. The van der Waals surface area contributed by atoms with Gasteiger partial charge < -0.3 is 24.8 Å². The Balaban J connectivity index is 1.82. The maximum atomic E-state index is 9.83. The third-order valence-electron chi connectivity index (χ3n) is 5.82. The summed E-state index contributed by atoms with van der Waals surface area (Å²) in [6, 6.07) is 0. The molecule has 0 radical (unpaired) electrons. The van der Waals surface area contributed by atoms with E-state index < -0.39 is 24.4 Å². The largest absolute Gasteiger partial charge is 0.394 e. The van der Waals surface area contributed by atoms with Crippen LogP contribution < -0.4 is 0 Å². The normalized spacial score (nSPS) is 23.2. The first-order chi connectivity index (χ1) is 14.2. The Bertz CT molecular complexity index is 387. The van der Waals surface area contributed by atoms with Crippen molar-refractivity contribution >= 4 is 0 Å². The van der Waals surface area contributed by atoms with Gasteiger partial charge in [-0.25, -0.2) is 0 Å². The SMILES string of the molecule is C/C=C/CCCCCCCCCCCCCCCO[C@H](CO)[C@H]1OC[C@H](O)[C@H]1O. The highest BCUT2D eigenvalue weighted by Crippen LogP contribution is 2.20. The topological polar surface area (TPSA) is 79.2 Å². The Morgan fingerprint density at radius 2 is 1.38 bits per heavy atom. The van der Waals surface area contributed by atoms with Crippen LogP contribution in [0.5, 0.6) is 0 Å². The average molecular weight is 415 g/mol. The summed E-state index contributed by atoms with van der Waals surface area (Å²) in [7, 11) is 0. The van der Waals surface area contributed by atoms with E-state index in [1.807, 2.05) is 0 Å². The zero-order chi connectivity index (χ0) is 21.2. The lowest BCUT2D eigenvalue weighted by Gasteiger charge is -2.24. The Kier molecular flexibility index (Phi) is 16.8. The molecular weight excluding hydrogens is 368 g/mol. The van der Waals surface area contributed by atoms with Crippen LogP contribution >= 0.6 is 0 Å². The second-order valence-electron chi connectivity index (χ2n) is 8.40. The van der Waals surface area contributed by atoms with E-state index in [0.717, 1.165) is 12.8 Å². The van der Waals surface area contributed by atoms with Crippen molar-refractivity contribution in [3.05, 3.63) is 12.2 Å². The zero-order valence-electron chi connectivity index (χ0n) is 18.6. The van der Waals surface area contributed by atoms with Gasteiger partial charge in [0.1, 0.15) is 24.4 Å². The zero-order valence-corrected chi connectivity index (χ0v) is 18.6. The van der Waals surface area contributed by atoms with Gasteiger partial charge >= 0.3 is 0 Å². The number of aliphatic hydroxyl groups excluding tert-OH is 3. The van der Waals surface area contributed by atoms with Gasteiger partial charge in [0.2, 0.25) is 0 Å². The van der Waals surface area contributed by atoms with Crippen LogP contribution in [-0.2, 0) is 9.47 Å². The van der Waals surface area contributed by atoms with Crippen molar-refractivity contribution in [1.82, 2.24) is 0 Å². The molecule has 0 aromatic rings. The van der Waals surface area contributed by atoms with Crippen LogP contribution in [-0.4, -0.2) is 59.6 Å². The average Bonchev–Trinajstić information content (AvgIpc) is 3.06. The molecule has 1 fully saturated rings. The number of unbranched alkanes of at least 4 members (excludes halogenated alkanes) is 13. The molecule has 1 aliphatic rings. The van der Waals surface area contributed by atoms with Crippen molar-refractivity contribution in [2.75, 3.05) is 19.8 Å². The fourth-order valence-corrected chi connectivity index (χ4v) is 3.91. The van der Waals surface area contributed by atoms with Crippen molar-refractivity contribution in [2.24, 2.45) is 0 Å². The van der Waals surface area contributed by atoms with Gasteiger partial charge in [-0.05, 0) is 26.2 Å². The molecule has 5 heteroatoms. The third kappa shape index (κ3) is 12.7. The minimum absolute atomic E-state index is 0.0998. The van der Waals surface area contributed by atoms with E-state index in [2.05, 4.69) is 19.1 Å². The van der Waals surface area contributed by atoms with Crippen molar-refractivity contribution < 1.29 is 24.8 Å². The fraction of sp³-hybridized carbons (Fsp3) is 0.917. The van der Waals surface area contributed by atoms with Gasteiger partial charge in [-0.2, -0.15) is 0 Å². The van der Waals surface area contributed by atoms with E-state index in [4.69, 9.17) is 9.47 Å². The molecule has 5 nitrogen and oxygen atoms in total. The Morgan fingerprint density at radius 3 is 1.83 bits per heavy atom. The van der Waals surface area contributed by atoms with Crippen LogP contribution in [0, 0.1) is 0 Å². The van der Waals surface area contributed by atoms with Gasteiger partial charge in [0, 0.05) is 6.61 Å². The molecule has 1 heterocycles. The molecule has 0 aliphatic carbocycles. The Labute approximate surface area is 178 Å². The number of allylic oxidation sites excluding steroid dienone is 2. The first-order valence-corrected chi connectivity index (χ1v) is 12.0. The van der Waals surface area contributed by atoms with E-state index in [1.54, 1.807) is 0 Å². The molecule has 1 rings (SSSR count). The van der Waals surface area contributed by atoms with Gasteiger partial charge in [0.15, 0.2) is 0 Å². The standard InChI is InChI=1S/C24H46O5/c1-2-3-4-5-6-7-8-9-10-11-12-13-14-15-16-17-18-28-22(19-25)24-23(27)21(26)20-29-24/h2-3,21-27H,4-20H2,1H3/b3-2+/t21-,22+,23+,24+/m0/s1. The summed E-state index contributed by atoms with van der Waals surface area (Å²) in [5.41, 5.74) is 0. The first-order valence-electron chi connectivity index (χ1n) is 12.0. The van der Waals surface area contributed by atoms with Crippen LogP contribution in [0.15, 0.2) is 12.2 Å². The molecule has 4 atom stereocenters. The molecule has 29 heavy (non-hydrogen) atoms. The van der Waals surface area contributed by atoms with Crippen LogP contribution in [0.4, 0.5) is 0 Å². The Hall–Kier alpha value is -0.460. The number of rotatable bonds is 19. The maximum Gasteiger partial charge on any atom is 0.114 e. The molecule has 0 amide bonds. The second-order valence-corrected chi connectivity index (χ2v) is 8.40. The highest BCUT2D eigenvalue weighted by atomic mass is 16.6. The number of hydrogen-bond acceptors (Lipinski definition) is 5. The lowest BCUT2D eigenvalue weighted by Crippen LogP contribution is -2.42. The van der Waals surface area contributed by atoms with Crippen molar-refractivity contribution in [3.8, 4) is 0 Å². The van der Waals surface area contributed by atoms with E-state index in [1.165, 1.54) is 77.0 Å². The summed E-state index contributed by atoms with van der Waals surface area (Å²) in [6.07, 6.45) is 19.5. The van der Waals surface area contributed by atoms with E-state index in [0.29, 0.717) is 6.61 Å². The molecule has 1 saturated heterocycles. The first kappa shape index (κ1) is 26.6. The van der Waals surface area contributed by atoms with Crippen molar-refractivity contribution in [2.45, 2.75) is 121 Å². The number of aliphatic hydroxyl groups is 3. The molecule has 0 bridgehead atoms.